The minimum Gasteiger partial charge on any atom is -0.484 e. The summed E-state index contributed by atoms with van der Waals surface area (Å²) in [6.07, 6.45) is 0. The number of fused-ring (bicyclic) bond motifs is 1. The Kier molecular flexibility index (Phi) is 2.00. The molecule has 0 saturated heterocycles. The van der Waals surface area contributed by atoms with Crippen molar-refractivity contribution in [1.82, 2.24) is 0 Å². The molecule has 1 unspecified atom stereocenters. The Morgan fingerprint density at radius 3 is 2.53 bits per heavy atom. The van der Waals surface area contributed by atoms with Crippen molar-refractivity contribution in [2.75, 3.05) is 6.61 Å². The Bertz CT molecular complexity index is 455. The summed E-state index contributed by atoms with van der Waals surface area (Å²) in [4.78, 5) is 0. The second-order valence-electron chi connectivity index (χ2n) is 3.45. The van der Waals surface area contributed by atoms with Gasteiger partial charge in [0.25, 0.3) is 0 Å². The molecule has 1 aliphatic rings. The fourth-order valence-electron chi connectivity index (χ4n) is 1.25. The minimum absolute atomic E-state index is 0.0123. The monoisotopic (exact) mass is 211 g/mol. The van der Waals surface area contributed by atoms with E-state index in [1.165, 1.54) is 6.92 Å². The highest BCUT2D eigenvalue weighted by atomic mass is 19.2. The lowest BCUT2D eigenvalue weighted by Crippen LogP contribution is -2.40. The van der Waals surface area contributed by atoms with E-state index < -0.39 is 17.2 Å². The molecule has 0 radical (unpaired) electrons. The molecule has 0 fully saturated rings. The second kappa shape index (κ2) is 3.09. The first-order chi connectivity index (χ1) is 7.04. The summed E-state index contributed by atoms with van der Waals surface area (Å²) < 4.78 is 36.0. The quantitative estimate of drug-likeness (QED) is 0.659. The maximum Gasteiger partial charge on any atom is 0.225 e. The van der Waals surface area contributed by atoms with Crippen LogP contribution in [0.4, 0.5) is 8.78 Å². The Morgan fingerprint density at radius 1 is 1.33 bits per heavy atom. The highest BCUT2D eigenvalue weighted by Crippen LogP contribution is 2.36. The molecule has 1 aromatic rings. The van der Waals surface area contributed by atoms with Crippen LogP contribution in [0.2, 0.25) is 0 Å². The maximum absolute atomic E-state index is 12.9. The van der Waals surface area contributed by atoms with Gasteiger partial charge in [0.05, 0.1) is 0 Å². The van der Waals surface area contributed by atoms with Gasteiger partial charge in [0.2, 0.25) is 5.60 Å². The Labute approximate surface area is 84.8 Å². The standard InChI is InChI=1S/C10H7F2NO2/c1-10(4-13)5-14-8-2-6(11)7(12)3-9(8)15-10/h2-3H,5H2,1H3. The van der Waals surface area contributed by atoms with Gasteiger partial charge in [0.1, 0.15) is 12.7 Å². The molecule has 0 spiro atoms. The summed E-state index contributed by atoms with van der Waals surface area (Å²) in [5, 5.41) is 8.78. The summed E-state index contributed by atoms with van der Waals surface area (Å²) in [5.41, 5.74) is -1.16. The van der Waals surface area contributed by atoms with Gasteiger partial charge in [-0.25, -0.2) is 8.78 Å². The number of benzene rings is 1. The van der Waals surface area contributed by atoms with Crippen molar-refractivity contribution in [3.8, 4) is 17.6 Å². The van der Waals surface area contributed by atoms with E-state index >= 15 is 0 Å². The van der Waals surface area contributed by atoms with Crippen molar-refractivity contribution in [3.05, 3.63) is 23.8 Å². The van der Waals surface area contributed by atoms with Gasteiger partial charge in [-0.3, -0.25) is 0 Å². The normalized spacial score (nSPS) is 23.3. The lowest BCUT2D eigenvalue weighted by molar-refractivity contribution is 0.0493. The molecular weight excluding hydrogens is 204 g/mol. The van der Waals surface area contributed by atoms with Crippen LogP contribution in [0.25, 0.3) is 0 Å². The number of hydrogen-bond donors (Lipinski definition) is 0. The first kappa shape index (κ1) is 9.71. The van der Waals surface area contributed by atoms with Crippen molar-refractivity contribution < 1.29 is 18.3 Å². The Balaban J connectivity index is 2.43. The molecule has 3 nitrogen and oxygen atoms in total. The number of halogens is 2. The number of ether oxygens (including phenoxy) is 2. The molecule has 0 N–H and O–H groups in total. The van der Waals surface area contributed by atoms with E-state index in [2.05, 4.69) is 0 Å². The molecule has 0 aliphatic carbocycles. The van der Waals surface area contributed by atoms with Crippen LogP contribution in [0.5, 0.6) is 11.5 Å². The zero-order valence-corrected chi connectivity index (χ0v) is 7.88. The molecule has 0 aromatic heterocycles. The molecule has 1 aromatic carbocycles. The summed E-state index contributed by atoms with van der Waals surface area (Å²) >= 11 is 0. The van der Waals surface area contributed by atoms with E-state index in [9.17, 15) is 8.78 Å². The molecule has 5 heteroatoms. The topological polar surface area (TPSA) is 42.2 Å². The van der Waals surface area contributed by atoms with E-state index in [1.54, 1.807) is 0 Å². The molecule has 1 atom stereocenters. The molecule has 0 saturated carbocycles. The molecule has 0 amide bonds. The van der Waals surface area contributed by atoms with Crippen LogP contribution in [-0.2, 0) is 0 Å². The molecule has 1 aliphatic heterocycles. The molecule has 2 rings (SSSR count). The number of nitrogens with zero attached hydrogens (tertiary/aromatic N) is 1. The van der Waals surface area contributed by atoms with Gasteiger partial charge in [-0.2, -0.15) is 5.26 Å². The van der Waals surface area contributed by atoms with Crippen LogP contribution >= 0.6 is 0 Å². The summed E-state index contributed by atoms with van der Waals surface area (Å²) in [5.74, 6) is -1.87. The Morgan fingerprint density at radius 2 is 1.93 bits per heavy atom. The van der Waals surface area contributed by atoms with Crippen LogP contribution < -0.4 is 9.47 Å². The van der Waals surface area contributed by atoms with Crippen LogP contribution in [0, 0.1) is 23.0 Å². The van der Waals surface area contributed by atoms with Crippen LogP contribution in [-0.4, -0.2) is 12.2 Å². The Hall–Kier alpha value is -1.83. The van der Waals surface area contributed by atoms with Crippen molar-refractivity contribution in [2.24, 2.45) is 0 Å². The largest absolute Gasteiger partial charge is 0.484 e. The maximum atomic E-state index is 12.9. The van der Waals surface area contributed by atoms with Crippen LogP contribution in [0.3, 0.4) is 0 Å². The van der Waals surface area contributed by atoms with E-state index in [-0.39, 0.29) is 18.1 Å². The minimum atomic E-state index is -1.16. The molecular formula is C10H7F2NO2. The van der Waals surface area contributed by atoms with Crippen LogP contribution in [0.15, 0.2) is 12.1 Å². The number of hydrogen-bond acceptors (Lipinski definition) is 3. The third-order valence-electron chi connectivity index (χ3n) is 2.06. The van der Waals surface area contributed by atoms with Crippen molar-refractivity contribution in [2.45, 2.75) is 12.5 Å². The molecule has 0 bridgehead atoms. The van der Waals surface area contributed by atoms with Gasteiger partial charge in [0.15, 0.2) is 23.1 Å². The third-order valence-corrected chi connectivity index (χ3v) is 2.06. The van der Waals surface area contributed by atoms with Crippen molar-refractivity contribution in [3.63, 3.8) is 0 Å². The summed E-state index contributed by atoms with van der Waals surface area (Å²) in [6.45, 7) is 1.50. The van der Waals surface area contributed by atoms with Gasteiger partial charge >= 0.3 is 0 Å². The summed E-state index contributed by atoms with van der Waals surface area (Å²) in [7, 11) is 0. The fourth-order valence-corrected chi connectivity index (χ4v) is 1.25. The first-order valence-electron chi connectivity index (χ1n) is 4.26. The molecule has 78 valence electrons. The predicted molar refractivity (Wildman–Crippen MR) is 46.5 cm³/mol. The van der Waals surface area contributed by atoms with Gasteiger partial charge in [-0.15, -0.1) is 0 Å². The lowest BCUT2D eigenvalue weighted by atomic mass is 10.1. The van der Waals surface area contributed by atoms with E-state index in [4.69, 9.17) is 14.7 Å². The highest BCUT2D eigenvalue weighted by molar-refractivity contribution is 5.43. The number of rotatable bonds is 0. The van der Waals surface area contributed by atoms with Gasteiger partial charge in [-0.05, 0) is 6.92 Å². The molecule has 15 heavy (non-hydrogen) atoms. The van der Waals surface area contributed by atoms with Crippen molar-refractivity contribution in [1.29, 1.82) is 5.26 Å². The van der Waals surface area contributed by atoms with Gasteiger partial charge < -0.3 is 9.47 Å². The number of nitriles is 1. The van der Waals surface area contributed by atoms with Crippen molar-refractivity contribution >= 4 is 0 Å². The zero-order chi connectivity index (χ0) is 11.1. The SMILES string of the molecule is CC1(C#N)COc2cc(F)c(F)cc2O1. The highest BCUT2D eigenvalue weighted by Gasteiger charge is 2.33. The first-order valence-corrected chi connectivity index (χ1v) is 4.26. The average molecular weight is 211 g/mol. The fraction of sp³-hybridized carbons (Fsp3) is 0.300. The van der Waals surface area contributed by atoms with E-state index in [0.717, 1.165) is 12.1 Å². The lowest BCUT2D eigenvalue weighted by Gasteiger charge is -2.29. The predicted octanol–water partition coefficient (Wildman–Crippen LogP) is 2.02. The van der Waals surface area contributed by atoms with E-state index in [0.29, 0.717) is 0 Å². The average Bonchev–Trinajstić information content (AvgIpc) is 2.21. The smallest absolute Gasteiger partial charge is 0.225 e. The zero-order valence-electron chi connectivity index (χ0n) is 7.88. The summed E-state index contributed by atoms with van der Waals surface area (Å²) in [6, 6.07) is 3.67. The van der Waals surface area contributed by atoms with E-state index in [1.807, 2.05) is 6.07 Å². The van der Waals surface area contributed by atoms with Gasteiger partial charge in [-0.1, -0.05) is 0 Å². The third kappa shape index (κ3) is 1.59. The molecule has 1 heterocycles. The van der Waals surface area contributed by atoms with Crippen LogP contribution in [0.1, 0.15) is 6.92 Å². The second-order valence-corrected chi connectivity index (χ2v) is 3.45. The van der Waals surface area contributed by atoms with Gasteiger partial charge in [0, 0.05) is 12.1 Å².